The summed E-state index contributed by atoms with van der Waals surface area (Å²) in [6, 6.07) is 13.4. The second kappa shape index (κ2) is 7.31. The Morgan fingerprint density at radius 2 is 1.76 bits per heavy atom. The van der Waals surface area contributed by atoms with E-state index in [2.05, 4.69) is 0 Å². The van der Waals surface area contributed by atoms with Gasteiger partial charge in [0.05, 0.1) is 9.93 Å². The van der Waals surface area contributed by atoms with E-state index in [1.54, 1.807) is 24.3 Å². The van der Waals surface area contributed by atoms with E-state index in [4.69, 9.17) is 27.9 Å². The Morgan fingerprint density at radius 1 is 1.04 bits per heavy atom. The number of halogens is 2. The molecule has 3 rings (SSSR count). The zero-order valence-electron chi connectivity index (χ0n) is 12.4. The van der Waals surface area contributed by atoms with Crippen LogP contribution >= 0.6 is 35.0 Å². The molecular formula is C17H9Cl2NO4S. The molecule has 3 amide bonds. The quantitative estimate of drug-likeness (QED) is 0.653. The third-order valence-electron chi connectivity index (χ3n) is 3.19. The molecule has 126 valence electrons. The van der Waals surface area contributed by atoms with Crippen LogP contribution in [0.25, 0.3) is 6.08 Å². The van der Waals surface area contributed by atoms with Gasteiger partial charge in [-0.05, 0) is 35.5 Å². The van der Waals surface area contributed by atoms with E-state index in [0.29, 0.717) is 16.7 Å². The van der Waals surface area contributed by atoms with Gasteiger partial charge in [0, 0.05) is 0 Å². The zero-order chi connectivity index (χ0) is 18.0. The molecule has 2 aromatic carbocycles. The van der Waals surface area contributed by atoms with Gasteiger partial charge in [0.2, 0.25) is 0 Å². The number of carbonyl (C=O) groups is 3. The van der Waals surface area contributed by atoms with Crippen molar-refractivity contribution < 1.29 is 19.1 Å². The van der Waals surface area contributed by atoms with Gasteiger partial charge in [-0.25, -0.2) is 4.79 Å². The van der Waals surface area contributed by atoms with Crippen molar-refractivity contribution in [2.45, 2.75) is 0 Å². The summed E-state index contributed by atoms with van der Waals surface area (Å²) in [4.78, 5) is 37.2. The number of rotatable bonds is 2. The molecule has 0 aromatic heterocycles. The van der Waals surface area contributed by atoms with Crippen molar-refractivity contribution in [3.8, 4) is 5.75 Å². The summed E-state index contributed by atoms with van der Waals surface area (Å²) >= 11 is 12.4. The summed E-state index contributed by atoms with van der Waals surface area (Å²) in [6.07, 6.45) is 0.396. The number of hydrogen-bond donors (Lipinski definition) is 0. The van der Waals surface area contributed by atoms with Gasteiger partial charge >= 0.3 is 11.3 Å². The molecule has 5 nitrogen and oxygen atoms in total. The lowest BCUT2D eigenvalue weighted by molar-refractivity contribution is -0.121. The molecule has 25 heavy (non-hydrogen) atoms. The van der Waals surface area contributed by atoms with Gasteiger partial charge in [-0.2, -0.15) is 4.90 Å². The summed E-state index contributed by atoms with van der Waals surface area (Å²) in [5.41, 5.74) is 0.735. The average molecular weight is 394 g/mol. The van der Waals surface area contributed by atoms with E-state index >= 15 is 0 Å². The topological polar surface area (TPSA) is 63.7 Å². The summed E-state index contributed by atoms with van der Waals surface area (Å²) in [5, 5.41) is -0.537. The van der Waals surface area contributed by atoms with Gasteiger partial charge in [0.15, 0.2) is 5.75 Å². The van der Waals surface area contributed by atoms with Crippen molar-refractivity contribution in [3.63, 3.8) is 0 Å². The summed E-state index contributed by atoms with van der Waals surface area (Å²) in [5.74, 6) is -0.785. The van der Waals surface area contributed by atoms with Crippen LogP contribution in [0.2, 0.25) is 10.0 Å². The predicted molar refractivity (Wildman–Crippen MR) is 96.7 cm³/mol. The molecule has 1 aliphatic heterocycles. The first-order valence-corrected chi connectivity index (χ1v) is 8.53. The number of hydrogen-bond acceptors (Lipinski definition) is 5. The molecule has 0 bridgehead atoms. The first-order valence-electron chi connectivity index (χ1n) is 6.96. The maximum atomic E-state index is 12.4. The maximum absolute atomic E-state index is 12.4. The summed E-state index contributed by atoms with van der Waals surface area (Å²) in [7, 11) is 0. The lowest BCUT2D eigenvalue weighted by Crippen LogP contribution is -2.37. The minimum Gasteiger partial charge on any atom is -0.408 e. The molecule has 0 aliphatic carbocycles. The second-order valence-electron chi connectivity index (χ2n) is 4.85. The lowest BCUT2D eigenvalue weighted by atomic mass is 10.2. The molecule has 0 spiro atoms. The van der Waals surface area contributed by atoms with Crippen molar-refractivity contribution in [1.82, 2.24) is 4.90 Å². The first kappa shape index (κ1) is 17.5. The fraction of sp³-hybridized carbons (Fsp3) is 0. The molecule has 0 radical (unpaired) electrons. The van der Waals surface area contributed by atoms with Gasteiger partial charge in [-0.15, -0.1) is 0 Å². The molecular weight excluding hydrogens is 385 g/mol. The molecule has 8 heteroatoms. The maximum Gasteiger partial charge on any atom is 0.430 e. The molecule has 0 unspecified atom stereocenters. The van der Waals surface area contributed by atoms with E-state index in [1.807, 2.05) is 6.07 Å². The number of benzene rings is 2. The van der Waals surface area contributed by atoms with Gasteiger partial charge in [-0.1, -0.05) is 59.6 Å². The highest BCUT2D eigenvalue weighted by molar-refractivity contribution is 8.18. The number of carbonyl (C=O) groups excluding carboxylic acids is 3. The normalized spacial score (nSPS) is 15.8. The second-order valence-corrected chi connectivity index (χ2v) is 6.63. The Morgan fingerprint density at radius 3 is 2.48 bits per heavy atom. The van der Waals surface area contributed by atoms with Crippen LogP contribution in [0.15, 0.2) is 53.4 Å². The van der Waals surface area contributed by atoms with Gasteiger partial charge in [-0.3, -0.25) is 9.59 Å². The first-order chi connectivity index (χ1) is 12.0. The van der Waals surface area contributed by atoms with Crippen LogP contribution in [-0.2, 0) is 4.79 Å². The van der Waals surface area contributed by atoms with Crippen LogP contribution in [0.4, 0.5) is 9.59 Å². The third-order valence-corrected chi connectivity index (χ3v) is 4.86. The molecule has 0 atom stereocenters. The van der Waals surface area contributed by atoms with E-state index in [0.717, 1.165) is 5.56 Å². The number of amides is 3. The van der Waals surface area contributed by atoms with Crippen LogP contribution in [0, 0.1) is 0 Å². The van der Waals surface area contributed by atoms with Crippen LogP contribution in [0.3, 0.4) is 0 Å². The standard InChI is InChI=1S/C17H9Cl2NO4S/c18-11-7-4-8-12(14(11)19)24-16(22)20-15(21)13(25-17(20)23)9-10-5-2-1-3-6-10/h1-9H. The smallest absolute Gasteiger partial charge is 0.408 e. The Labute approximate surface area is 157 Å². The third kappa shape index (κ3) is 3.71. The van der Waals surface area contributed by atoms with Crippen molar-refractivity contribution in [3.05, 3.63) is 69.0 Å². The molecule has 0 saturated carbocycles. The van der Waals surface area contributed by atoms with E-state index in [9.17, 15) is 14.4 Å². The summed E-state index contributed by atoms with van der Waals surface area (Å²) in [6.45, 7) is 0. The van der Waals surface area contributed by atoms with E-state index in [-0.39, 0.29) is 20.7 Å². The molecule has 1 fully saturated rings. The predicted octanol–water partition coefficient (Wildman–Crippen LogP) is 5.23. The SMILES string of the molecule is O=C(Oc1cccc(Cl)c1Cl)N1C(=O)SC(=Cc2ccccc2)C1=O. The van der Waals surface area contributed by atoms with Crippen LogP contribution in [-0.4, -0.2) is 22.1 Å². The number of imide groups is 3. The number of ether oxygens (including phenoxy) is 1. The minimum absolute atomic E-state index is 0.0179. The van der Waals surface area contributed by atoms with E-state index < -0.39 is 17.2 Å². The molecule has 1 heterocycles. The molecule has 1 aliphatic rings. The Balaban J connectivity index is 1.82. The Bertz CT molecular complexity index is 899. The average Bonchev–Trinajstić information content (AvgIpc) is 2.86. The molecule has 1 saturated heterocycles. The Hall–Kier alpha value is -2.28. The highest BCUT2D eigenvalue weighted by Gasteiger charge is 2.41. The Kier molecular flexibility index (Phi) is 5.13. The van der Waals surface area contributed by atoms with Crippen molar-refractivity contribution in [2.75, 3.05) is 0 Å². The largest absolute Gasteiger partial charge is 0.430 e. The number of thioether (sulfide) groups is 1. The van der Waals surface area contributed by atoms with Gasteiger partial charge in [0.1, 0.15) is 5.02 Å². The van der Waals surface area contributed by atoms with Crippen LogP contribution in [0.5, 0.6) is 5.75 Å². The highest BCUT2D eigenvalue weighted by atomic mass is 35.5. The molecule has 0 N–H and O–H groups in total. The van der Waals surface area contributed by atoms with Gasteiger partial charge in [0.25, 0.3) is 5.91 Å². The highest BCUT2D eigenvalue weighted by Crippen LogP contribution is 2.35. The van der Waals surface area contributed by atoms with Gasteiger partial charge < -0.3 is 4.74 Å². The van der Waals surface area contributed by atoms with E-state index in [1.165, 1.54) is 24.3 Å². The molecule has 2 aromatic rings. The van der Waals surface area contributed by atoms with Crippen LogP contribution < -0.4 is 4.74 Å². The fourth-order valence-electron chi connectivity index (χ4n) is 2.03. The fourth-order valence-corrected chi connectivity index (χ4v) is 3.17. The monoisotopic (exact) mass is 393 g/mol. The minimum atomic E-state index is -1.14. The zero-order valence-corrected chi connectivity index (χ0v) is 14.8. The summed E-state index contributed by atoms with van der Waals surface area (Å²) < 4.78 is 5.04. The van der Waals surface area contributed by atoms with Crippen molar-refractivity contribution in [1.29, 1.82) is 0 Å². The van der Waals surface area contributed by atoms with Crippen molar-refractivity contribution >= 4 is 58.3 Å². The number of nitrogens with zero attached hydrogens (tertiary/aromatic N) is 1. The van der Waals surface area contributed by atoms with Crippen LogP contribution in [0.1, 0.15) is 5.56 Å². The van der Waals surface area contributed by atoms with Crippen molar-refractivity contribution in [2.24, 2.45) is 0 Å². The lowest BCUT2D eigenvalue weighted by Gasteiger charge is -2.12.